The fraction of sp³-hybridized carbons (Fsp3) is 0.583. The highest BCUT2D eigenvalue weighted by atomic mass is 16.1. The Bertz CT molecular complexity index is 429. The zero-order valence-electron chi connectivity index (χ0n) is 9.79. The molecule has 1 heterocycles. The Balaban J connectivity index is 2.38. The third kappa shape index (κ3) is 1.97. The Morgan fingerprint density at radius 1 is 1.31 bits per heavy atom. The minimum Gasteiger partial charge on any atom is -0.330 e. The van der Waals surface area contributed by atoms with Crippen LogP contribution in [0.25, 0.3) is 0 Å². The van der Waals surface area contributed by atoms with Gasteiger partial charge in [0.15, 0.2) is 5.78 Å². The van der Waals surface area contributed by atoms with Crippen LogP contribution in [-0.4, -0.2) is 22.3 Å². The number of rotatable bonds is 2. The molecule has 0 bridgehead atoms. The van der Waals surface area contributed by atoms with E-state index >= 15 is 0 Å². The summed E-state index contributed by atoms with van der Waals surface area (Å²) in [7, 11) is 0. The van der Waals surface area contributed by atoms with Crippen molar-refractivity contribution in [3.05, 3.63) is 22.8 Å². The molecule has 0 spiro atoms. The Morgan fingerprint density at radius 3 is 2.75 bits per heavy atom. The van der Waals surface area contributed by atoms with Gasteiger partial charge in [0.25, 0.3) is 0 Å². The molecule has 1 atom stereocenters. The number of aryl methyl sites for hydroxylation is 2. The molecule has 1 aliphatic rings. The summed E-state index contributed by atoms with van der Waals surface area (Å²) in [5.41, 5.74) is 8.02. The van der Waals surface area contributed by atoms with E-state index in [9.17, 15) is 4.79 Å². The van der Waals surface area contributed by atoms with E-state index < -0.39 is 0 Å². The number of nitrogens with zero attached hydrogens (tertiary/aromatic N) is 2. The molecule has 2 rings (SSSR count). The second kappa shape index (κ2) is 4.29. The van der Waals surface area contributed by atoms with Crippen molar-refractivity contribution in [3.8, 4) is 0 Å². The Morgan fingerprint density at radius 2 is 2.06 bits per heavy atom. The molecule has 2 N–H and O–H groups in total. The van der Waals surface area contributed by atoms with Crippen LogP contribution in [-0.2, 0) is 6.42 Å². The van der Waals surface area contributed by atoms with Gasteiger partial charge in [-0.3, -0.25) is 4.79 Å². The molecule has 0 fully saturated rings. The largest absolute Gasteiger partial charge is 0.330 e. The smallest absolute Gasteiger partial charge is 0.166 e. The lowest BCUT2D eigenvalue weighted by molar-refractivity contribution is 0.0944. The minimum atomic E-state index is 0.178. The van der Waals surface area contributed by atoms with Crippen molar-refractivity contribution in [2.24, 2.45) is 11.7 Å². The molecule has 0 aliphatic heterocycles. The van der Waals surface area contributed by atoms with Crippen LogP contribution in [0.5, 0.6) is 0 Å². The predicted molar refractivity (Wildman–Crippen MR) is 61.3 cm³/mol. The van der Waals surface area contributed by atoms with Gasteiger partial charge in [-0.1, -0.05) is 0 Å². The number of fused-ring (bicyclic) bond motifs is 1. The second-order valence-electron chi connectivity index (χ2n) is 4.45. The Labute approximate surface area is 95.3 Å². The van der Waals surface area contributed by atoms with Gasteiger partial charge in [0.05, 0.1) is 17.0 Å². The van der Waals surface area contributed by atoms with Crippen molar-refractivity contribution in [2.45, 2.75) is 33.1 Å². The number of hydrogen-bond acceptors (Lipinski definition) is 4. The molecule has 16 heavy (non-hydrogen) atoms. The zero-order valence-corrected chi connectivity index (χ0v) is 9.79. The highest BCUT2D eigenvalue weighted by Crippen LogP contribution is 2.27. The van der Waals surface area contributed by atoms with E-state index in [0.29, 0.717) is 18.9 Å². The molecule has 86 valence electrons. The summed E-state index contributed by atoms with van der Waals surface area (Å²) in [5.74, 6) is 1.29. The summed E-state index contributed by atoms with van der Waals surface area (Å²) in [6, 6.07) is 0. The summed E-state index contributed by atoms with van der Waals surface area (Å²) < 4.78 is 0. The van der Waals surface area contributed by atoms with Crippen molar-refractivity contribution in [3.63, 3.8) is 0 Å². The van der Waals surface area contributed by atoms with E-state index in [-0.39, 0.29) is 5.78 Å². The zero-order chi connectivity index (χ0) is 11.7. The van der Waals surface area contributed by atoms with Crippen LogP contribution in [0, 0.1) is 19.8 Å². The second-order valence-corrected chi connectivity index (χ2v) is 4.45. The maximum absolute atomic E-state index is 12.0. The summed E-state index contributed by atoms with van der Waals surface area (Å²) in [5, 5.41) is 0. The third-order valence-electron chi connectivity index (χ3n) is 3.09. The van der Waals surface area contributed by atoms with E-state index in [1.807, 2.05) is 13.8 Å². The van der Waals surface area contributed by atoms with Gasteiger partial charge in [0.1, 0.15) is 5.82 Å². The number of carbonyl (C=O) groups is 1. The van der Waals surface area contributed by atoms with Crippen LogP contribution in [0.2, 0.25) is 0 Å². The van der Waals surface area contributed by atoms with Crippen LogP contribution < -0.4 is 5.73 Å². The van der Waals surface area contributed by atoms with E-state index in [2.05, 4.69) is 9.97 Å². The van der Waals surface area contributed by atoms with Gasteiger partial charge >= 0.3 is 0 Å². The molecular formula is C12H17N3O. The van der Waals surface area contributed by atoms with Crippen LogP contribution in [0.3, 0.4) is 0 Å². The van der Waals surface area contributed by atoms with Gasteiger partial charge in [-0.05, 0) is 39.2 Å². The normalized spacial score (nSPS) is 19.7. The van der Waals surface area contributed by atoms with E-state index in [0.717, 1.165) is 35.6 Å². The van der Waals surface area contributed by atoms with Crippen LogP contribution in [0.1, 0.15) is 40.4 Å². The van der Waals surface area contributed by atoms with Gasteiger partial charge in [0.2, 0.25) is 0 Å². The van der Waals surface area contributed by atoms with Gasteiger partial charge in [-0.15, -0.1) is 0 Å². The monoisotopic (exact) mass is 219 g/mol. The quantitative estimate of drug-likeness (QED) is 0.811. The van der Waals surface area contributed by atoms with Crippen molar-refractivity contribution in [2.75, 3.05) is 6.54 Å². The molecule has 0 amide bonds. The molecule has 0 saturated carbocycles. The van der Waals surface area contributed by atoms with E-state index in [1.54, 1.807) is 0 Å². The maximum Gasteiger partial charge on any atom is 0.166 e. The maximum atomic E-state index is 12.0. The summed E-state index contributed by atoms with van der Waals surface area (Å²) in [4.78, 5) is 20.6. The number of hydrogen-bond donors (Lipinski definition) is 1. The standard InChI is InChI=1S/C12H17N3O/c1-7-12-10(15-8(2)14-7)5-9(3-4-13)6-11(12)16/h9H,3-6,13H2,1-2H3. The number of carbonyl (C=O) groups excluding carboxylic acids is 1. The summed E-state index contributed by atoms with van der Waals surface area (Å²) in [6.07, 6.45) is 2.35. The molecule has 4 nitrogen and oxygen atoms in total. The van der Waals surface area contributed by atoms with E-state index in [4.69, 9.17) is 5.73 Å². The first kappa shape index (κ1) is 11.2. The number of aromatic nitrogens is 2. The Hall–Kier alpha value is -1.29. The molecule has 1 aliphatic carbocycles. The highest BCUT2D eigenvalue weighted by Gasteiger charge is 2.27. The van der Waals surface area contributed by atoms with Crippen LogP contribution in [0.4, 0.5) is 0 Å². The van der Waals surface area contributed by atoms with Crippen molar-refractivity contribution < 1.29 is 4.79 Å². The molecule has 1 unspecified atom stereocenters. The summed E-state index contributed by atoms with van der Waals surface area (Å²) >= 11 is 0. The lowest BCUT2D eigenvalue weighted by Gasteiger charge is -2.23. The van der Waals surface area contributed by atoms with Gasteiger partial charge in [-0.2, -0.15) is 0 Å². The fourth-order valence-corrected chi connectivity index (χ4v) is 2.44. The van der Waals surface area contributed by atoms with Gasteiger partial charge in [0, 0.05) is 6.42 Å². The third-order valence-corrected chi connectivity index (χ3v) is 3.09. The van der Waals surface area contributed by atoms with Crippen molar-refractivity contribution in [1.82, 2.24) is 9.97 Å². The first-order chi connectivity index (χ1) is 7.61. The first-order valence-electron chi connectivity index (χ1n) is 5.69. The number of Topliss-reactive ketones (excluding diaryl/α,β-unsaturated/α-hetero) is 1. The molecule has 4 heteroatoms. The van der Waals surface area contributed by atoms with Gasteiger partial charge in [-0.25, -0.2) is 9.97 Å². The first-order valence-corrected chi connectivity index (χ1v) is 5.69. The number of nitrogens with two attached hydrogens (primary N) is 1. The van der Waals surface area contributed by atoms with E-state index in [1.165, 1.54) is 0 Å². The number of ketones is 1. The van der Waals surface area contributed by atoms with Crippen molar-refractivity contribution in [1.29, 1.82) is 0 Å². The molecule has 1 aromatic heterocycles. The van der Waals surface area contributed by atoms with Crippen LogP contribution in [0.15, 0.2) is 0 Å². The highest BCUT2D eigenvalue weighted by molar-refractivity contribution is 5.99. The molecule has 0 radical (unpaired) electrons. The van der Waals surface area contributed by atoms with Crippen LogP contribution >= 0.6 is 0 Å². The lowest BCUT2D eigenvalue weighted by atomic mass is 9.83. The van der Waals surface area contributed by atoms with Gasteiger partial charge < -0.3 is 5.73 Å². The molecular weight excluding hydrogens is 202 g/mol. The topological polar surface area (TPSA) is 68.9 Å². The molecule has 1 aromatic rings. The SMILES string of the molecule is Cc1nc(C)c2c(n1)CC(CCN)CC2=O. The summed E-state index contributed by atoms with van der Waals surface area (Å²) in [6.45, 7) is 4.38. The lowest BCUT2D eigenvalue weighted by Crippen LogP contribution is -2.25. The average molecular weight is 219 g/mol. The Kier molecular flexibility index (Phi) is 3.01. The molecule has 0 saturated heterocycles. The molecule has 0 aromatic carbocycles. The minimum absolute atomic E-state index is 0.178. The van der Waals surface area contributed by atoms with Crippen molar-refractivity contribution >= 4 is 5.78 Å². The predicted octanol–water partition coefficient (Wildman–Crippen LogP) is 1.19. The fourth-order valence-electron chi connectivity index (χ4n) is 2.44. The average Bonchev–Trinajstić information content (AvgIpc) is 2.15.